The van der Waals surface area contributed by atoms with E-state index in [-0.39, 0.29) is 29.5 Å². The summed E-state index contributed by atoms with van der Waals surface area (Å²) in [5.41, 5.74) is 0.832. The molecule has 0 aliphatic carbocycles. The normalized spacial score (nSPS) is 11.4. The number of benzene rings is 1. The fourth-order valence-electron chi connectivity index (χ4n) is 2.64. The molecule has 0 aliphatic rings. The molecule has 1 aromatic heterocycles. The zero-order valence-electron chi connectivity index (χ0n) is 16.2. The summed E-state index contributed by atoms with van der Waals surface area (Å²) in [5, 5.41) is 5.14. The predicted octanol–water partition coefficient (Wildman–Crippen LogP) is 1.66. The first-order valence-corrected chi connectivity index (χ1v) is 10.4. The summed E-state index contributed by atoms with van der Waals surface area (Å²) in [6.45, 7) is 5.88. The number of carbonyl (C=O) groups excluding carboxylic acids is 2. The molecule has 2 rings (SSSR count). The van der Waals surface area contributed by atoms with Gasteiger partial charge in [-0.15, -0.1) is 0 Å². The first-order valence-electron chi connectivity index (χ1n) is 8.97. The highest BCUT2D eigenvalue weighted by Gasteiger charge is 2.23. The Bertz CT molecular complexity index is 919. The highest BCUT2D eigenvalue weighted by atomic mass is 32.2. The van der Waals surface area contributed by atoms with E-state index in [2.05, 4.69) is 10.6 Å². The minimum absolute atomic E-state index is 0.0502. The van der Waals surface area contributed by atoms with Crippen LogP contribution >= 0.6 is 0 Å². The third-order valence-electron chi connectivity index (χ3n) is 4.25. The molecule has 2 amide bonds. The molecule has 8 nitrogen and oxygen atoms in total. The summed E-state index contributed by atoms with van der Waals surface area (Å²) in [6, 6.07) is 7.85. The molecule has 1 aromatic carbocycles. The van der Waals surface area contributed by atoms with Crippen LogP contribution in [0.1, 0.15) is 35.5 Å². The topological polar surface area (TPSA) is 109 Å². The third kappa shape index (κ3) is 5.20. The number of aryl methyl sites for hydroxylation is 1. The van der Waals surface area contributed by atoms with Gasteiger partial charge < -0.3 is 15.1 Å². The lowest BCUT2D eigenvalue weighted by Gasteiger charge is -2.19. The Balaban J connectivity index is 2.05. The molecule has 2 aromatic rings. The van der Waals surface area contributed by atoms with Gasteiger partial charge in [0.1, 0.15) is 5.76 Å². The van der Waals surface area contributed by atoms with Gasteiger partial charge in [-0.05, 0) is 36.8 Å². The fourth-order valence-corrected chi connectivity index (χ4v) is 4.12. The van der Waals surface area contributed by atoms with Gasteiger partial charge in [0.2, 0.25) is 15.9 Å². The van der Waals surface area contributed by atoms with Crippen LogP contribution in [-0.2, 0) is 21.4 Å². The number of amides is 2. The largest absolute Gasteiger partial charge is 0.467 e. The maximum absolute atomic E-state index is 12.7. The summed E-state index contributed by atoms with van der Waals surface area (Å²) in [4.78, 5) is 24.4. The van der Waals surface area contributed by atoms with Gasteiger partial charge >= 0.3 is 0 Å². The van der Waals surface area contributed by atoms with E-state index in [0.717, 1.165) is 0 Å². The molecule has 28 heavy (non-hydrogen) atoms. The maximum atomic E-state index is 12.7. The van der Waals surface area contributed by atoms with Gasteiger partial charge in [-0.1, -0.05) is 19.9 Å². The Morgan fingerprint density at radius 3 is 2.43 bits per heavy atom. The van der Waals surface area contributed by atoms with Gasteiger partial charge in [-0.25, -0.2) is 8.42 Å². The Hall–Kier alpha value is -2.65. The summed E-state index contributed by atoms with van der Waals surface area (Å²) in [6.07, 6.45) is 1.51. The Morgan fingerprint density at radius 2 is 1.82 bits per heavy atom. The molecule has 0 unspecified atom stereocenters. The van der Waals surface area contributed by atoms with Gasteiger partial charge in [0.15, 0.2) is 0 Å². The molecule has 2 N–H and O–H groups in total. The average Bonchev–Trinajstić information content (AvgIpc) is 3.19. The number of hydrogen-bond acceptors (Lipinski definition) is 5. The average molecular weight is 407 g/mol. The van der Waals surface area contributed by atoms with E-state index >= 15 is 0 Å². The number of furan rings is 1. The van der Waals surface area contributed by atoms with Crippen molar-refractivity contribution in [1.82, 2.24) is 14.9 Å². The van der Waals surface area contributed by atoms with Gasteiger partial charge in [0.25, 0.3) is 5.91 Å². The van der Waals surface area contributed by atoms with E-state index in [1.807, 2.05) is 0 Å². The van der Waals surface area contributed by atoms with Gasteiger partial charge in [0.05, 0.1) is 24.2 Å². The van der Waals surface area contributed by atoms with Crippen molar-refractivity contribution in [3.63, 3.8) is 0 Å². The smallest absolute Gasteiger partial charge is 0.252 e. The number of rotatable bonds is 9. The Kier molecular flexibility index (Phi) is 7.36. The minimum atomic E-state index is -3.68. The van der Waals surface area contributed by atoms with Crippen LogP contribution in [0.15, 0.2) is 45.9 Å². The van der Waals surface area contributed by atoms with Crippen LogP contribution in [-0.4, -0.2) is 44.2 Å². The minimum Gasteiger partial charge on any atom is -0.467 e. The molecule has 0 aliphatic heterocycles. The molecule has 9 heteroatoms. The molecule has 152 valence electrons. The van der Waals surface area contributed by atoms with Crippen molar-refractivity contribution >= 4 is 21.8 Å². The fraction of sp³-hybridized carbons (Fsp3) is 0.368. The molecule has 0 saturated heterocycles. The summed E-state index contributed by atoms with van der Waals surface area (Å²) in [5.74, 6) is -0.290. The molecule has 0 spiro atoms. The number of hydrogen-bond donors (Lipinski definition) is 2. The lowest BCUT2D eigenvalue weighted by molar-refractivity contribution is -0.120. The van der Waals surface area contributed by atoms with Gasteiger partial charge in [0, 0.05) is 18.7 Å². The van der Waals surface area contributed by atoms with Crippen LogP contribution in [0, 0.1) is 6.92 Å². The van der Waals surface area contributed by atoms with E-state index in [0.29, 0.717) is 24.4 Å². The van der Waals surface area contributed by atoms with E-state index in [1.165, 1.54) is 22.7 Å². The van der Waals surface area contributed by atoms with E-state index < -0.39 is 15.9 Å². The highest BCUT2D eigenvalue weighted by molar-refractivity contribution is 7.89. The van der Waals surface area contributed by atoms with Gasteiger partial charge in [-0.2, -0.15) is 4.31 Å². The molecule has 0 radical (unpaired) electrons. The monoisotopic (exact) mass is 407 g/mol. The van der Waals surface area contributed by atoms with Crippen LogP contribution in [0.3, 0.4) is 0 Å². The van der Waals surface area contributed by atoms with Crippen LogP contribution < -0.4 is 10.6 Å². The second-order valence-electron chi connectivity index (χ2n) is 6.10. The molecule has 0 atom stereocenters. The van der Waals surface area contributed by atoms with Crippen molar-refractivity contribution in [2.75, 3.05) is 19.6 Å². The lowest BCUT2D eigenvalue weighted by atomic mass is 10.1. The SMILES string of the molecule is CCN(CC)S(=O)(=O)c1ccc(C)c(C(=O)NCC(=O)NCc2ccco2)c1. The maximum Gasteiger partial charge on any atom is 0.252 e. The quantitative estimate of drug-likeness (QED) is 0.657. The summed E-state index contributed by atoms with van der Waals surface area (Å²) >= 11 is 0. The summed E-state index contributed by atoms with van der Waals surface area (Å²) in [7, 11) is -3.68. The van der Waals surface area contributed by atoms with Crippen molar-refractivity contribution < 1.29 is 22.4 Å². The van der Waals surface area contributed by atoms with Crippen LogP contribution in [0.25, 0.3) is 0 Å². The van der Waals surface area contributed by atoms with Gasteiger partial charge in [-0.3, -0.25) is 9.59 Å². The van der Waals surface area contributed by atoms with E-state index in [9.17, 15) is 18.0 Å². The van der Waals surface area contributed by atoms with Crippen molar-refractivity contribution in [2.45, 2.75) is 32.2 Å². The first-order chi connectivity index (χ1) is 13.3. The number of carbonyl (C=O) groups is 2. The van der Waals surface area contributed by atoms with E-state index in [4.69, 9.17) is 4.42 Å². The third-order valence-corrected chi connectivity index (χ3v) is 6.29. The highest BCUT2D eigenvalue weighted by Crippen LogP contribution is 2.19. The number of nitrogens with zero attached hydrogens (tertiary/aromatic N) is 1. The van der Waals surface area contributed by atoms with Crippen LogP contribution in [0.2, 0.25) is 0 Å². The first kappa shape index (κ1) is 21.6. The second kappa shape index (κ2) is 9.52. The second-order valence-corrected chi connectivity index (χ2v) is 8.04. The van der Waals surface area contributed by atoms with Crippen molar-refractivity contribution in [2.24, 2.45) is 0 Å². The molecule has 1 heterocycles. The van der Waals surface area contributed by atoms with Crippen LogP contribution in [0.4, 0.5) is 0 Å². The Morgan fingerprint density at radius 1 is 1.11 bits per heavy atom. The molecular formula is C19H25N3O5S. The summed E-state index contributed by atoms with van der Waals surface area (Å²) < 4.78 is 31.8. The molecule has 0 bridgehead atoms. The van der Waals surface area contributed by atoms with E-state index in [1.54, 1.807) is 39.0 Å². The zero-order valence-corrected chi connectivity index (χ0v) is 17.0. The van der Waals surface area contributed by atoms with Crippen molar-refractivity contribution in [3.8, 4) is 0 Å². The zero-order chi connectivity index (χ0) is 20.7. The Labute approximate surface area is 165 Å². The standard InChI is InChI=1S/C19H25N3O5S/c1-4-22(5-2)28(25,26)16-9-8-14(3)17(11-16)19(24)21-13-18(23)20-12-15-7-6-10-27-15/h6-11H,4-5,12-13H2,1-3H3,(H,20,23)(H,21,24). The number of nitrogens with one attached hydrogen (secondary N) is 2. The van der Waals surface area contributed by atoms with Crippen molar-refractivity contribution in [1.29, 1.82) is 0 Å². The molecular weight excluding hydrogens is 382 g/mol. The van der Waals surface area contributed by atoms with Crippen molar-refractivity contribution in [3.05, 3.63) is 53.5 Å². The molecule has 0 saturated carbocycles. The lowest BCUT2D eigenvalue weighted by Crippen LogP contribution is -2.37. The predicted molar refractivity (Wildman–Crippen MR) is 104 cm³/mol. The van der Waals surface area contributed by atoms with Crippen LogP contribution in [0.5, 0.6) is 0 Å². The number of sulfonamides is 1. The molecule has 0 fully saturated rings.